The monoisotopic (exact) mass is 606 g/mol. The Morgan fingerprint density at radius 2 is 1.68 bits per heavy atom. The number of ether oxygens (including phenoxy) is 1. The number of halogens is 2. The summed E-state index contributed by atoms with van der Waals surface area (Å²) in [7, 11) is -2.35. The fourth-order valence-electron chi connectivity index (χ4n) is 4.09. The molecule has 1 unspecified atom stereocenters. The van der Waals surface area contributed by atoms with Gasteiger partial charge in [-0.05, 0) is 85.5 Å². The third-order valence-electron chi connectivity index (χ3n) is 6.00. The molecule has 0 fully saturated rings. The molecule has 6 nitrogen and oxygen atoms in total. The summed E-state index contributed by atoms with van der Waals surface area (Å²) < 4.78 is 36.0. The predicted octanol–water partition coefficient (Wildman–Crippen LogP) is 5.92. The van der Waals surface area contributed by atoms with E-state index < -0.39 is 10.0 Å². The summed E-state index contributed by atoms with van der Waals surface area (Å²) in [6, 6.07) is 15.3. The highest BCUT2D eigenvalue weighted by atomic mass is 79.9. The minimum Gasteiger partial charge on any atom is -0.497 e. The van der Waals surface area contributed by atoms with Crippen molar-refractivity contribution < 1.29 is 17.9 Å². The third kappa shape index (κ3) is 4.87. The van der Waals surface area contributed by atoms with Gasteiger partial charge in [-0.1, -0.05) is 37.9 Å². The van der Waals surface area contributed by atoms with E-state index in [9.17, 15) is 13.2 Å². The first-order chi connectivity index (χ1) is 16.1. The van der Waals surface area contributed by atoms with Crippen molar-refractivity contribution in [1.82, 2.24) is 4.90 Å². The maximum atomic E-state index is 13.5. The van der Waals surface area contributed by atoms with Gasteiger partial charge in [-0.2, -0.15) is 0 Å². The molecular formula is C25H24Br2N2O4S. The largest absolute Gasteiger partial charge is 0.497 e. The Labute approximate surface area is 216 Å². The minimum absolute atomic E-state index is 0.0376. The van der Waals surface area contributed by atoms with Gasteiger partial charge in [-0.25, -0.2) is 8.42 Å². The average Bonchev–Trinajstić information content (AvgIpc) is 2.81. The molecule has 0 radical (unpaired) electrons. The molecule has 3 aromatic carbocycles. The lowest BCUT2D eigenvalue weighted by Gasteiger charge is -2.36. The molecule has 0 saturated carbocycles. The van der Waals surface area contributed by atoms with Crippen molar-refractivity contribution in [2.45, 2.75) is 37.8 Å². The van der Waals surface area contributed by atoms with Crippen LogP contribution < -0.4 is 9.46 Å². The molecule has 0 aliphatic carbocycles. The number of carbonyl (C=O) groups is 1. The Kier molecular flexibility index (Phi) is 7.07. The van der Waals surface area contributed by atoms with Crippen molar-refractivity contribution in [3.05, 3.63) is 85.8 Å². The Balaban J connectivity index is 1.63. The number of benzene rings is 3. The smallest absolute Gasteiger partial charge is 0.262 e. The van der Waals surface area contributed by atoms with Gasteiger partial charge in [0.15, 0.2) is 0 Å². The maximum Gasteiger partial charge on any atom is 0.262 e. The van der Waals surface area contributed by atoms with Crippen molar-refractivity contribution in [3.8, 4) is 5.75 Å². The number of aryl methyl sites for hydroxylation is 1. The maximum absolute atomic E-state index is 13.5. The third-order valence-corrected chi connectivity index (χ3v) is 9.01. The molecule has 0 aromatic heterocycles. The highest BCUT2D eigenvalue weighted by molar-refractivity contribution is 9.11. The topological polar surface area (TPSA) is 75.7 Å². The first kappa shape index (κ1) is 24.8. The van der Waals surface area contributed by atoms with E-state index >= 15 is 0 Å². The zero-order chi connectivity index (χ0) is 24.6. The SMILES string of the molecule is COc1ccc(NS(=O)(=O)c2cc(C(=O)N3Cc4c(Br)ccc(Br)c4CC3C)ccc2C)cc1. The van der Waals surface area contributed by atoms with Crippen LogP contribution in [0.2, 0.25) is 0 Å². The second kappa shape index (κ2) is 9.71. The van der Waals surface area contributed by atoms with Crippen LogP contribution in [0.15, 0.2) is 68.4 Å². The highest BCUT2D eigenvalue weighted by Crippen LogP contribution is 2.35. The molecule has 1 amide bonds. The van der Waals surface area contributed by atoms with Gasteiger partial charge < -0.3 is 9.64 Å². The van der Waals surface area contributed by atoms with Crippen molar-refractivity contribution in [1.29, 1.82) is 0 Å². The van der Waals surface area contributed by atoms with Crippen LogP contribution in [0.1, 0.15) is 34.0 Å². The molecule has 9 heteroatoms. The molecule has 1 aliphatic heterocycles. The van der Waals surface area contributed by atoms with Crippen LogP contribution in [0.3, 0.4) is 0 Å². The number of anilines is 1. The van der Waals surface area contributed by atoms with E-state index in [-0.39, 0.29) is 16.8 Å². The summed E-state index contributed by atoms with van der Waals surface area (Å²) in [4.78, 5) is 15.4. The Hall–Kier alpha value is -2.36. The normalized spacial score (nSPS) is 15.6. The zero-order valence-electron chi connectivity index (χ0n) is 18.9. The van der Waals surface area contributed by atoms with Crippen molar-refractivity contribution in [3.63, 3.8) is 0 Å². The predicted molar refractivity (Wildman–Crippen MR) is 140 cm³/mol. The minimum atomic E-state index is -3.90. The van der Waals surface area contributed by atoms with Gasteiger partial charge in [0.25, 0.3) is 15.9 Å². The second-order valence-electron chi connectivity index (χ2n) is 8.29. The number of hydrogen-bond donors (Lipinski definition) is 1. The van der Waals surface area contributed by atoms with E-state index in [4.69, 9.17) is 4.74 Å². The molecule has 1 atom stereocenters. The van der Waals surface area contributed by atoms with E-state index in [0.29, 0.717) is 35.5 Å². The number of fused-ring (bicyclic) bond motifs is 1. The summed E-state index contributed by atoms with van der Waals surface area (Å²) in [5, 5.41) is 0. The van der Waals surface area contributed by atoms with Crippen molar-refractivity contribution in [2.24, 2.45) is 0 Å². The first-order valence-electron chi connectivity index (χ1n) is 10.6. The zero-order valence-corrected chi connectivity index (χ0v) is 22.9. The number of nitrogens with one attached hydrogen (secondary N) is 1. The summed E-state index contributed by atoms with van der Waals surface area (Å²) in [6.45, 7) is 4.16. The molecule has 1 N–H and O–H groups in total. The van der Waals surface area contributed by atoms with E-state index in [1.807, 2.05) is 19.1 Å². The Morgan fingerprint density at radius 3 is 2.32 bits per heavy atom. The number of carbonyl (C=O) groups excluding carboxylic acids is 1. The highest BCUT2D eigenvalue weighted by Gasteiger charge is 2.31. The number of hydrogen-bond acceptors (Lipinski definition) is 4. The Morgan fingerprint density at radius 1 is 1.03 bits per heavy atom. The second-order valence-corrected chi connectivity index (χ2v) is 11.6. The standard InChI is InChI=1S/C25H24Br2N2O4S/c1-15-4-5-17(13-24(15)34(31,32)28-18-6-8-19(33-3)9-7-18)25(30)29-14-21-20(12-16(29)2)22(26)10-11-23(21)27/h4-11,13,16,28H,12,14H2,1-3H3. The van der Waals surface area contributed by atoms with Crippen molar-refractivity contribution >= 4 is 53.5 Å². The Bertz CT molecular complexity index is 1360. The molecule has 0 spiro atoms. The molecular weight excluding hydrogens is 584 g/mol. The summed E-state index contributed by atoms with van der Waals surface area (Å²) >= 11 is 7.22. The number of sulfonamides is 1. The van der Waals surface area contributed by atoms with Crippen LogP contribution >= 0.6 is 31.9 Å². The van der Waals surface area contributed by atoms with Gasteiger partial charge in [-0.3, -0.25) is 9.52 Å². The fraction of sp³-hybridized carbons (Fsp3) is 0.240. The van der Waals surface area contributed by atoms with Gasteiger partial charge in [0.05, 0.1) is 12.0 Å². The van der Waals surface area contributed by atoms with Gasteiger partial charge in [-0.15, -0.1) is 0 Å². The van der Waals surface area contributed by atoms with Crippen LogP contribution in [0, 0.1) is 6.92 Å². The van der Waals surface area contributed by atoms with Crippen molar-refractivity contribution in [2.75, 3.05) is 11.8 Å². The van der Waals surface area contributed by atoms with Crippen LogP contribution in [0.5, 0.6) is 5.75 Å². The van der Waals surface area contributed by atoms with E-state index in [1.165, 1.54) is 11.6 Å². The lowest BCUT2D eigenvalue weighted by molar-refractivity contribution is 0.0657. The van der Waals surface area contributed by atoms with Gasteiger partial charge in [0, 0.05) is 32.8 Å². The molecule has 3 aromatic rings. The lowest BCUT2D eigenvalue weighted by Crippen LogP contribution is -2.43. The number of rotatable bonds is 5. The van der Waals surface area contributed by atoms with Crippen LogP contribution in [0.25, 0.3) is 0 Å². The van der Waals surface area contributed by atoms with Crippen LogP contribution in [0.4, 0.5) is 5.69 Å². The summed E-state index contributed by atoms with van der Waals surface area (Å²) in [5.74, 6) is 0.425. The quantitative estimate of drug-likeness (QED) is 0.391. The molecule has 0 saturated heterocycles. The fourth-order valence-corrected chi connectivity index (χ4v) is 6.45. The lowest BCUT2D eigenvalue weighted by atomic mass is 9.94. The van der Waals surface area contributed by atoms with Gasteiger partial charge >= 0.3 is 0 Å². The van der Waals surface area contributed by atoms with E-state index in [0.717, 1.165) is 14.5 Å². The molecule has 178 valence electrons. The number of nitrogens with zero attached hydrogens (tertiary/aromatic N) is 1. The number of methoxy groups -OCH3 is 1. The molecule has 1 aliphatic rings. The van der Waals surface area contributed by atoms with Crippen LogP contribution in [-0.4, -0.2) is 32.4 Å². The molecule has 1 heterocycles. The molecule has 4 rings (SSSR count). The summed E-state index contributed by atoms with van der Waals surface area (Å²) in [5.41, 5.74) is 3.54. The van der Waals surface area contributed by atoms with E-state index in [1.54, 1.807) is 55.3 Å². The number of amides is 1. The van der Waals surface area contributed by atoms with Gasteiger partial charge in [0.2, 0.25) is 0 Å². The molecule has 34 heavy (non-hydrogen) atoms. The average molecular weight is 608 g/mol. The van der Waals surface area contributed by atoms with Gasteiger partial charge in [0.1, 0.15) is 5.75 Å². The summed E-state index contributed by atoms with van der Waals surface area (Å²) in [6.07, 6.45) is 0.705. The first-order valence-corrected chi connectivity index (χ1v) is 13.7. The van der Waals surface area contributed by atoms with Crippen LogP contribution in [-0.2, 0) is 23.0 Å². The molecule has 0 bridgehead atoms. The van der Waals surface area contributed by atoms with E-state index in [2.05, 4.69) is 36.6 Å².